The SMILES string of the molecule is CS(=O)(=O)c1ccc(COc2c(OCCCN3CCOCC3)ccc3c4n(c(=NC(=O)c5cccnc5)nc23)CCN4)cc1. The lowest BCUT2D eigenvalue weighted by atomic mass is 10.2. The first-order valence-electron chi connectivity index (χ1n) is 14.5. The van der Waals surface area contributed by atoms with Crippen molar-refractivity contribution in [2.45, 2.75) is 24.5 Å². The highest BCUT2D eigenvalue weighted by Gasteiger charge is 2.22. The molecule has 4 aromatic rings. The van der Waals surface area contributed by atoms with E-state index in [2.05, 4.69) is 20.2 Å². The molecule has 2 aromatic carbocycles. The molecule has 230 valence electrons. The minimum atomic E-state index is -3.32. The van der Waals surface area contributed by atoms with Crippen LogP contribution < -0.4 is 20.4 Å². The molecule has 1 saturated heterocycles. The molecule has 1 amide bonds. The zero-order valence-electron chi connectivity index (χ0n) is 24.4. The number of ether oxygens (including phenoxy) is 3. The summed E-state index contributed by atoms with van der Waals surface area (Å²) in [7, 11) is -3.32. The van der Waals surface area contributed by atoms with Crippen molar-refractivity contribution in [1.82, 2.24) is 19.4 Å². The Labute approximate surface area is 255 Å². The van der Waals surface area contributed by atoms with Gasteiger partial charge in [0, 0.05) is 56.8 Å². The molecule has 4 heterocycles. The molecular weight excluding hydrogens is 584 g/mol. The van der Waals surface area contributed by atoms with Crippen LogP contribution >= 0.6 is 0 Å². The zero-order chi connectivity index (χ0) is 30.5. The van der Waals surface area contributed by atoms with Crippen LogP contribution in [-0.2, 0) is 27.7 Å². The summed E-state index contributed by atoms with van der Waals surface area (Å²) in [6, 6.07) is 13.7. The van der Waals surface area contributed by atoms with Crippen LogP contribution in [0, 0.1) is 0 Å². The van der Waals surface area contributed by atoms with Crippen molar-refractivity contribution in [2.75, 3.05) is 57.6 Å². The minimum Gasteiger partial charge on any atom is -0.490 e. The predicted octanol–water partition coefficient (Wildman–Crippen LogP) is 2.68. The molecule has 1 N–H and O–H groups in total. The lowest BCUT2D eigenvalue weighted by molar-refractivity contribution is 0.0357. The second-order valence-electron chi connectivity index (χ2n) is 10.6. The first kappa shape index (κ1) is 29.7. The Morgan fingerprint density at radius 3 is 2.64 bits per heavy atom. The van der Waals surface area contributed by atoms with Gasteiger partial charge in [-0.25, -0.2) is 13.4 Å². The molecule has 2 aliphatic rings. The van der Waals surface area contributed by atoms with Crippen LogP contribution in [0.4, 0.5) is 5.82 Å². The molecule has 12 nitrogen and oxygen atoms in total. The summed E-state index contributed by atoms with van der Waals surface area (Å²) in [4.78, 5) is 28.9. The molecule has 0 bridgehead atoms. The van der Waals surface area contributed by atoms with Crippen LogP contribution in [0.2, 0.25) is 0 Å². The van der Waals surface area contributed by atoms with E-state index >= 15 is 0 Å². The number of carbonyl (C=O) groups is 1. The average Bonchev–Trinajstić information content (AvgIpc) is 3.54. The van der Waals surface area contributed by atoms with Gasteiger partial charge in [0.15, 0.2) is 21.3 Å². The summed E-state index contributed by atoms with van der Waals surface area (Å²) >= 11 is 0. The van der Waals surface area contributed by atoms with Crippen molar-refractivity contribution in [3.05, 3.63) is 77.7 Å². The molecule has 44 heavy (non-hydrogen) atoms. The van der Waals surface area contributed by atoms with E-state index in [1.807, 2.05) is 16.7 Å². The van der Waals surface area contributed by atoms with Crippen molar-refractivity contribution < 1.29 is 27.4 Å². The Hall–Kier alpha value is -4.33. The van der Waals surface area contributed by atoms with Gasteiger partial charge in [-0.1, -0.05) is 12.1 Å². The maximum atomic E-state index is 13.0. The quantitative estimate of drug-likeness (QED) is 0.264. The normalized spacial score (nSPS) is 15.6. The first-order valence-corrected chi connectivity index (χ1v) is 16.4. The van der Waals surface area contributed by atoms with Gasteiger partial charge >= 0.3 is 0 Å². The number of morpholine rings is 1. The lowest BCUT2D eigenvalue weighted by Gasteiger charge is -2.26. The maximum Gasteiger partial charge on any atom is 0.281 e. The molecule has 2 aromatic heterocycles. The summed E-state index contributed by atoms with van der Waals surface area (Å²) < 4.78 is 43.8. The Morgan fingerprint density at radius 2 is 1.89 bits per heavy atom. The lowest BCUT2D eigenvalue weighted by Crippen LogP contribution is -2.37. The van der Waals surface area contributed by atoms with Crippen molar-refractivity contribution in [1.29, 1.82) is 0 Å². The van der Waals surface area contributed by atoms with E-state index in [1.165, 1.54) is 12.5 Å². The first-order chi connectivity index (χ1) is 21.4. The van der Waals surface area contributed by atoms with Crippen LogP contribution in [0.1, 0.15) is 22.3 Å². The number of amides is 1. The van der Waals surface area contributed by atoms with E-state index in [0.29, 0.717) is 42.3 Å². The number of benzene rings is 2. The standard InChI is InChI=1S/C31H34N6O6S/c1-44(39,40)24-7-5-22(6-8-24)21-43-28-26(42-17-3-13-36-15-18-41-19-16-36)10-9-25-27(28)34-31(37-14-12-33-29(25)37)35-30(38)23-4-2-11-32-20-23/h2,4-11,20,33H,3,12-19,21H2,1H3. The van der Waals surface area contributed by atoms with E-state index in [1.54, 1.807) is 42.6 Å². The topological polar surface area (TPSA) is 137 Å². The van der Waals surface area contributed by atoms with E-state index in [4.69, 9.17) is 19.2 Å². The summed E-state index contributed by atoms with van der Waals surface area (Å²) in [5.41, 5.74) is 1.89. The van der Waals surface area contributed by atoms with Crippen molar-refractivity contribution in [3.8, 4) is 11.5 Å². The van der Waals surface area contributed by atoms with Crippen molar-refractivity contribution in [3.63, 3.8) is 0 Å². The molecule has 13 heteroatoms. The summed E-state index contributed by atoms with van der Waals surface area (Å²) in [5.74, 6) is 1.28. The van der Waals surface area contributed by atoms with Crippen LogP contribution in [0.15, 0.2) is 70.8 Å². The van der Waals surface area contributed by atoms with Gasteiger partial charge in [0.2, 0.25) is 5.62 Å². The van der Waals surface area contributed by atoms with Gasteiger partial charge in [-0.2, -0.15) is 4.99 Å². The average molecular weight is 619 g/mol. The zero-order valence-corrected chi connectivity index (χ0v) is 25.3. The summed E-state index contributed by atoms with van der Waals surface area (Å²) in [5, 5.41) is 4.20. The number of nitrogens with zero attached hydrogens (tertiary/aromatic N) is 5. The smallest absolute Gasteiger partial charge is 0.281 e. The fourth-order valence-corrected chi connectivity index (χ4v) is 5.85. The second kappa shape index (κ2) is 13.1. The number of pyridine rings is 1. The molecule has 0 radical (unpaired) electrons. The molecule has 0 aliphatic carbocycles. The molecule has 0 saturated carbocycles. The van der Waals surface area contributed by atoms with Crippen LogP contribution in [0.5, 0.6) is 11.5 Å². The fraction of sp³-hybridized carbons (Fsp3) is 0.355. The van der Waals surface area contributed by atoms with Gasteiger partial charge < -0.3 is 19.5 Å². The Morgan fingerprint density at radius 1 is 1.07 bits per heavy atom. The predicted molar refractivity (Wildman–Crippen MR) is 164 cm³/mol. The van der Waals surface area contributed by atoms with Crippen LogP contribution in [-0.4, -0.2) is 86.0 Å². The third-order valence-corrected chi connectivity index (χ3v) is 8.65. The molecular formula is C31H34N6O6S. The van der Waals surface area contributed by atoms with Gasteiger partial charge in [0.05, 0.1) is 30.3 Å². The molecule has 0 unspecified atom stereocenters. The van der Waals surface area contributed by atoms with Gasteiger partial charge in [-0.05, 0) is 48.4 Å². The van der Waals surface area contributed by atoms with E-state index in [-0.39, 0.29) is 17.1 Å². The summed E-state index contributed by atoms with van der Waals surface area (Å²) in [6.07, 6.45) is 5.07. The Kier molecular flexibility index (Phi) is 8.87. The number of carbonyl (C=O) groups excluding carboxylic acids is 1. The number of fused-ring (bicyclic) bond motifs is 3. The number of nitrogens with one attached hydrogen (secondary N) is 1. The molecule has 2 aliphatic heterocycles. The monoisotopic (exact) mass is 618 g/mol. The number of hydrogen-bond acceptors (Lipinski definition) is 10. The van der Waals surface area contributed by atoms with Crippen molar-refractivity contribution >= 4 is 32.5 Å². The highest BCUT2D eigenvalue weighted by molar-refractivity contribution is 7.90. The van der Waals surface area contributed by atoms with Crippen LogP contribution in [0.3, 0.4) is 0 Å². The van der Waals surface area contributed by atoms with Gasteiger partial charge in [-0.3, -0.25) is 19.2 Å². The summed E-state index contributed by atoms with van der Waals surface area (Å²) in [6.45, 7) is 6.07. The number of hydrogen-bond donors (Lipinski definition) is 1. The van der Waals surface area contributed by atoms with E-state index in [0.717, 1.165) is 56.0 Å². The largest absolute Gasteiger partial charge is 0.490 e. The van der Waals surface area contributed by atoms with E-state index in [9.17, 15) is 13.2 Å². The van der Waals surface area contributed by atoms with Crippen LogP contribution in [0.25, 0.3) is 10.9 Å². The fourth-order valence-electron chi connectivity index (χ4n) is 5.22. The third kappa shape index (κ3) is 6.74. The van der Waals surface area contributed by atoms with Crippen molar-refractivity contribution in [2.24, 2.45) is 4.99 Å². The minimum absolute atomic E-state index is 0.147. The van der Waals surface area contributed by atoms with Gasteiger partial charge in [-0.15, -0.1) is 0 Å². The highest BCUT2D eigenvalue weighted by Crippen LogP contribution is 2.38. The molecule has 1 fully saturated rings. The van der Waals surface area contributed by atoms with E-state index < -0.39 is 15.7 Å². The molecule has 0 atom stereocenters. The number of sulfone groups is 1. The number of anilines is 1. The second-order valence-corrected chi connectivity index (χ2v) is 12.7. The molecule has 0 spiro atoms. The Balaban J connectivity index is 1.35. The van der Waals surface area contributed by atoms with Gasteiger partial charge in [0.1, 0.15) is 17.9 Å². The number of aromatic nitrogens is 3. The highest BCUT2D eigenvalue weighted by atomic mass is 32.2. The molecule has 6 rings (SSSR count). The maximum absolute atomic E-state index is 13.0. The van der Waals surface area contributed by atoms with Gasteiger partial charge in [0.25, 0.3) is 5.91 Å². The number of rotatable bonds is 10. The third-order valence-electron chi connectivity index (χ3n) is 7.53. The Bertz CT molecular complexity index is 1820.